The normalized spacial score (nSPS) is 14.4. The van der Waals surface area contributed by atoms with E-state index >= 15 is 0 Å². The van der Waals surface area contributed by atoms with Gasteiger partial charge in [0.25, 0.3) is 0 Å². The predicted octanol–water partition coefficient (Wildman–Crippen LogP) is 2.60. The van der Waals surface area contributed by atoms with Gasteiger partial charge in [-0.1, -0.05) is 29.8 Å². The van der Waals surface area contributed by atoms with Crippen molar-refractivity contribution in [3.8, 4) is 0 Å². The summed E-state index contributed by atoms with van der Waals surface area (Å²) in [6, 6.07) is 11.5. The Morgan fingerprint density at radius 2 is 1.76 bits per heavy atom. The number of fused-ring (bicyclic) bond motifs is 1. The molecule has 1 heterocycles. The predicted molar refractivity (Wildman–Crippen MR) is 100 cm³/mol. The van der Waals surface area contributed by atoms with Gasteiger partial charge in [-0.25, -0.2) is 16.8 Å². The van der Waals surface area contributed by atoms with E-state index in [0.717, 1.165) is 11.8 Å². The van der Waals surface area contributed by atoms with Crippen molar-refractivity contribution in [2.45, 2.75) is 12.2 Å². The third-order valence-corrected chi connectivity index (χ3v) is 6.57. The summed E-state index contributed by atoms with van der Waals surface area (Å²) in [5.74, 6) is -0.197. The van der Waals surface area contributed by atoms with Crippen LogP contribution in [-0.2, 0) is 32.2 Å². The summed E-state index contributed by atoms with van der Waals surface area (Å²) in [6.07, 6.45) is 1.75. The fourth-order valence-corrected chi connectivity index (χ4v) is 5.04. The van der Waals surface area contributed by atoms with Gasteiger partial charge in [0.1, 0.15) is 0 Å². The Balaban J connectivity index is 1.82. The SMILES string of the molecule is CS(=O)(=O)N1CCc2ccc(NS(=O)(=O)Cc3ccc(Cl)cc3)cc21. The van der Waals surface area contributed by atoms with E-state index in [2.05, 4.69) is 4.72 Å². The lowest BCUT2D eigenvalue weighted by molar-refractivity contribution is 0.597. The van der Waals surface area contributed by atoms with Gasteiger partial charge in [-0.05, 0) is 41.8 Å². The molecule has 3 rings (SSSR count). The maximum atomic E-state index is 12.4. The van der Waals surface area contributed by atoms with Crippen LogP contribution in [0.15, 0.2) is 42.5 Å². The van der Waals surface area contributed by atoms with E-state index in [4.69, 9.17) is 11.6 Å². The Labute approximate surface area is 152 Å². The molecule has 0 atom stereocenters. The quantitative estimate of drug-likeness (QED) is 0.836. The third-order valence-electron chi connectivity index (χ3n) is 3.88. The van der Waals surface area contributed by atoms with Crippen LogP contribution in [-0.4, -0.2) is 29.6 Å². The first-order valence-corrected chi connectivity index (χ1v) is 11.4. The number of nitrogens with one attached hydrogen (secondary N) is 1. The second-order valence-electron chi connectivity index (χ2n) is 5.92. The number of hydrogen-bond acceptors (Lipinski definition) is 4. The smallest absolute Gasteiger partial charge is 0.236 e. The number of rotatable bonds is 5. The Morgan fingerprint density at radius 1 is 1.08 bits per heavy atom. The summed E-state index contributed by atoms with van der Waals surface area (Å²) in [7, 11) is -7.02. The van der Waals surface area contributed by atoms with Crippen molar-refractivity contribution in [3.05, 3.63) is 58.6 Å². The van der Waals surface area contributed by atoms with Gasteiger partial charge in [0.05, 0.1) is 23.4 Å². The lowest BCUT2D eigenvalue weighted by atomic mass is 10.1. The van der Waals surface area contributed by atoms with Crippen molar-refractivity contribution in [2.24, 2.45) is 0 Å². The van der Waals surface area contributed by atoms with Gasteiger partial charge in [0, 0.05) is 11.6 Å². The van der Waals surface area contributed by atoms with Crippen LogP contribution in [0.2, 0.25) is 5.02 Å². The van der Waals surface area contributed by atoms with Crippen LogP contribution in [0.1, 0.15) is 11.1 Å². The number of benzene rings is 2. The Hall–Kier alpha value is -1.77. The third kappa shape index (κ3) is 4.26. The molecule has 0 saturated heterocycles. The Kier molecular flexibility index (Phi) is 4.70. The van der Waals surface area contributed by atoms with Crippen molar-refractivity contribution < 1.29 is 16.8 Å². The summed E-state index contributed by atoms with van der Waals surface area (Å²) in [5.41, 5.74) is 2.35. The molecule has 6 nitrogen and oxygen atoms in total. The van der Waals surface area contributed by atoms with Crippen molar-refractivity contribution >= 4 is 43.0 Å². The van der Waals surface area contributed by atoms with Crippen LogP contribution in [0.25, 0.3) is 0 Å². The molecule has 9 heteroatoms. The van der Waals surface area contributed by atoms with Gasteiger partial charge in [-0.15, -0.1) is 0 Å². The number of anilines is 2. The zero-order valence-corrected chi connectivity index (χ0v) is 15.8. The largest absolute Gasteiger partial charge is 0.283 e. The van der Waals surface area contributed by atoms with Crippen molar-refractivity contribution in [3.63, 3.8) is 0 Å². The fourth-order valence-electron chi connectivity index (χ4n) is 2.77. The average Bonchev–Trinajstić information content (AvgIpc) is 2.92. The number of halogens is 1. The fraction of sp³-hybridized carbons (Fsp3) is 0.250. The molecule has 2 aromatic rings. The van der Waals surface area contributed by atoms with E-state index in [1.54, 1.807) is 42.5 Å². The molecule has 0 aliphatic carbocycles. The van der Waals surface area contributed by atoms with Crippen LogP contribution >= 0.6 is 11.6 Å². The maximum Gasteiger partial charge on any atom is 0.236 e. The molecular weight excluding hydrogens is 384 g/mol. The molecule has 0 spiro atoms. The lowest BCUT2D eigenvalue weighted by Gasteiger charge is -2.17. The molecule has 0 amide bonds. The summed E-state index contributed by atoms with van der Waals surface area (Å²) in [5, 5.41) is 0.536. The van der Waals surface area contributed by atoms with Gasteiger partial charge in [0.15, 0.2) is 0 Å². The van der Waals surface area contributed by atoms with E-state index in [1.165, 1.54) is 4.31 Å². The van der Waals surface area contributed by atoms with Crippen LogP contribution in [0.5, 0.6) is 0 Å². The van der Waals surface area contributed by atoms with Crippen molar-refractivity contribution in [1.82, 2.24) is 0 Å². The molecular formula is C16H17ClN2O4S2. The van der Waals surface area contributed by atoms with E-state index in [9.17, 15) is 16.8 Å². The topological polar surface area (TPSA) is 83.6 Å². The molecule has 0 saturated carbocycles. The van der Waals surface area contributed by atoms with Gasteiger partial charge in [0.2, 0.25) is 20.0 Å². The molecule has 1 aliphatic rings. The monoisotopic (exact) mass is 400 g/mol. The molecule has 0 bridgehead atoms. The zero-order chi connectivity index (χ0) is 18.2. The summed E-state index contributed by atoms with van der Waals surface area (Å²) >= 11 is 5.80. The van der Waals surface area contributed by atoms with Crippen molar-refractivity contribution in [1.29, 1.82) is 0 Å². The number of sulfonamides is 2. The lowest BCUT2D eigenvalue weighted by Crippen LogP contribution is -2.27. The highest BCUT2D eigenvalue weighted by Crippen LogP contribution is 2.33. The highest BCUT2D eigenvalue weighted by molar-refractivity contribution is 7.92. The highest BCUT2D eigenvalue weighted by atomic mass is 35.5. The minimum absolute atomic E-state index is 0.197. The van der Waals surface area contributed by atoms with E-state index in [-0.39, 0.29) is 5.75 Å². The maximum absolute atomic E-state index is 12.4. The van der Waals surface area contributed by atoms with Gasteiger partial charge >= 0.3 is 0 Å². The van der Waals surface area contributed by atoms with Crippen LogP contribution in [0, 0.1) is 0 Å². The minimum Gasteiger partial charge on any atom is -0.283 e. The first-order chi connectivity index (χ1) is 11.6. The Bertz CT molecular complexity index is 1000. The molecule has 1 N–H and O–H groups in total. The number of nitrogens with zero attached hydrogens (tertiary/aromatic N) is 1. The standard InChI is InChI=1S/C16H17ClN2O4S2/c1-24(20,21)19-9-8-13-4-7-15(10-16(13)19)18-25(22,23)11-12-2-5-14(17)6-3-12/h2-7,10,18H,8-9,11H2,1H3. The molecule has 25 heavy (non-hydrogen) atoms. The molecule has 0 radical (unpaired) electrons. The number of hydrogen-bond donors (Lipinski definition) is 1. The van der Waals surface area contributed by atoms with Gasteiger partial charge in [-0.3, -0.25) is 9.03 Å². The van der Waals surface area contributed by atoms with Crippen LogP contribution in [0.3, 0.4) is 0 Å². The molecule has 0 aromatic heterocycles. The van der Waals surface area contributed by atoms with E-state index in [1.807, 2.05) is 0 Å². The van der Waals surface area contributed by atoms with Crippen molar-refractivity contribution in [2.75, 3.05) is 21.8 Å². The summed E-state index contributed by atoms with van der Waals surface area (Å²) in [6.45, 7) is 0.370. The van der Waals surface area contributed by atoms with E-state index in [0.29, 0.717) is 34.9 Å². The van der Waals surface area contributed by atoms with Crippen LogP contribution < -0.4 is 9.03 Å². The first-order valence-electron chi connectivity index (χ1n) is 7.50. The molecule has 134 valence electrons. The highest BCUT2D eigenvalue weighted by Gasteiger charge is 2.26. The second kappa shape index (κ2) is 6.51. The molecule has 0 unspecified atom stereocenters. The average molecular weight is 401 g/mol. The summed E-state index contributed by atoms with van der Waals surface area (Å²) < 4.78 is 52.2. The molecule has 1 aliphatic heterocycles. The second-order valence-corrected chi connectivity index (χ2v) is 9.98. The summed E-state index contributed by atoms with van der Waals surface area (Å²) in [4.78, 5) is 0. The Morgan fingerprint density at radius 3 is 2.40 bits per heavy atom. The van der Waals surface area contributed by atoms with Crippen LogP contribution in [0.4, 0.5) is 11.4 Å². The van der Waals surface area contributed by atoms with E-state index < -0.39 is 20.0 Å². The molecule has 2 aromatic carbocycles. The van der Waals surface area contributed by atoms with Gasteiger partial charge in [-0.2, -0.15) is 0 Å². The molecule has 0 fully saturated rings. The minimum atomic E-state index is -3.63. The zero-order valence-electron chi connectivity index (χ0n) is 13.4. The van der Waals surface area contributed by atoms with Gasteiger partial charge < -0.3 is 0 Å². The first kappa shape index (κ1) is 18.0.